The minimum Gasteiger partial charge on any atom is -0.497 e. The monoisotopic (exact) mass is 285 g/mol. The predicted octanol–water partition coefficient (Wildman–Crippen LogP) is 2.68. The van der Waals surface area contributed by atoms with E-state index in [1.165, 1.54) is 5.56 Å². The molecule has 4 heteroatoms. The summed E-state index contributed by atoms with van der Waals surface area (Å²) >= 11 is 0. The third-order valence-corrected chi connectivity index (χ3v) is 3.16. The number of methoxy groups -OCH3 is 2. The van der Waals surface area contributed by atoms with E-state index in [4.69, 9.17) is 9.47 Å². The number of nitrogens with one attached hydrogen (secondary N) is 1. The normalized spacial score (nSPS) is 10.0. The Morgan fingerprint density at radius 3 is 2.19 bits per heavy atom. The van der Waals surface area contributed by atoms with Crippen molar-refractivity contribution in [3.63, 3.8) is 0 Å². The number of carbonyl (C=O) groups excluding carboxylic acids is 1. The standard InChI is InChI=1S/C17H19NO3/c1-20-15-10-14(11-16(12-15)21-2)17(19)18-9-8-13-6-4-3-5-7-13/h3-7,10-12H,8-9H2,1-2H3,(H,18,19). The summed E-state index contributed by atoms with van der Waals surface area (Å²) in [7, 11) is 3.12. The van der Waals surface area contributed by atoms with Crippen molar-refractivity contribution in [2.75, 3.05) is 20.8 Å². The molecule has 2 aromatic carbocycles. The van der Waals surface area contributed by atoms with E-state index < -0.39 is 0 Å². The Morgan fingerprint density at radius 2 is 1.62 bits per heavy atom. The van der Waals surface area contributed by atoms with Crippen molar-refractivity contribution in [1.29, 1.82) is 0 Å². The van der Waals surface area contributed by atoms with Crippen LogP contribution >= 0.6 is 0 Å². The SMILES string of the molecule is COc1cc(OC)cc(C(=O)NCCc2ccccc2)c1. The molecular formula is C17H19NO3. The molecule has 0 saturated carbocycles. The van der Waals surface area contributed by atoms with Crippen LogP contribution in [-0.4, -0.2) is 26.7 Å². The molecule has 0 aliphatic heterocycles. The molecule has 0 atom stereocenters. The van der Waals surface area contributed by atoms with E-state index in [1.807, 2.05) is 30.3 Å². The predicted molar refractivity (Wildman–Crippen MR) is 82.0 cm³/mol. The molecule has 0 aromatic heterocycles. The molecule has 0 radical (unpaired) electrons. The van der Waals surface area contributed by atoms with Crippen molar-refractivity contribution in [3.05, 3.63) is 59.7 Å². The number of carbonyl (C=O) groups is 1. The lowest BCUT2D eigenvalue weighted by molar-refractivity contribution is 0.0953. The number of amides is 1. The van der Waals surface area contributed by atoms with Crippen LogP contribution in [-0.2, 0) is 6.42 Å². The molecule has 2 aromatic rings. The molecule has 1 N–H and O–H groups in total. The zero-order chi connectivity index (χ0) is 15.1. The van der Waals surface area contributed by atoms with Crippen LogP contribution in [0.15, 0.2) is 48.5 Å². The summed E-state index contributed by atoms with van der Waals surface area (Å²) < 4.78 is 10.3. The van der Waals surface area contributed by atoms with Gasteiger partial charge in [0, 0.05) is 18.2 Å². The Hall–Kier alpha value is -2.49. The van der Waals surface area contributed by atoms with Crippen LogP contribution < -0.4 is 14.8 Å². The van der Waals surface area contributed by atoms with Crippen molar-refractivity contribution >= 4 is 5.91 Å². The lowest BCUT2D eigenvalue weighted by Crippen LogP contribution is -2.25. The van der Waals surface area contributed by atoms with Gasteiger partial charge in [-0.05, 0) is 24.1 Å². The number of ether oxygens (including phenoxy) is 2. The van der Waals surface area contributed by atoms with Gasteiger partial charge in [-0.25, -0.2) is 0 Å². The number of hydrogen-bond acceptors (Lipinski definition) is 3. The molecule has 0 heterocycles. The summed E-state index contributed by atoms with van der Waals surface area (Å²) in [5.74, 6) is 1.06. The van der Waals surface area contributed by atoms with Crippen LogP contribution in [0.4, 0.5) is 0 Å². The number of hydrogen-bond donors (Lipinski definition) is 1. The topological polar surface area (TPSA) is 47.6 Å². The van der Waals surface area contributed by atoms with E-state index in [0.29, 0.717) is 23.6 Å². The lowest BCUT2D eigenvalue weighted by atomic mass is 10.1. The van der Waals surface area contributed by atoms with Gasteiger partial charge in [0.25, 0.3) is 5.91 Å². The number of benzene rings is 2. The van der Waals surface area contributed by atoms with Gasteiger partial charge in [0.1, 0.15) is 11.5 Å². The lowest BCUT2D eigenvalue weighted by Gasteiger charge is -2.09. The highest BCUT2D eigenvalue weighted by molar-refractivity contribution is 5.95. The fourth-order valence-electron chi connectivity index (χ4n) is 2.01. The Morgan fingerprint density at radius 1 is 1.00 bits per heavy atom. The minimum atomic E-state index is -0.136. The molecule has 0 saturated heterocycles. The Kier molecular flexibility index (Phi) is 5.21. The molecule has 0 aliphatic rings. The zero-order valence-corrected chi connectivity index (χ0v) is 12.3. The largest absolute Gasteiger partial charge is 0.497 e. The minimum absolute atomic E-state index is 0.136. The molecule has 0 fully saturated rings. The van der Waals surface area contributed by atoms with Gasteiger partial charge in [-0.15, -0.1) is 0 Å². The second-order valence-corrected chi connectivity index (χ2v) is 4.59. The van der Waals surface area contributed by atoms with Crippen LogP contribution in [0.2, 0.25) is 0 Å². The first-order valence-corrected chi connectivity index (χ1v) is 6.78. The molecule has 2 rings (SSSR count). The molecule has 4 nitrogen and oxygen atoms in total. The average molecular weight is 285 g/mol. The molecule has 21 heavy (non-hydrogen) atoms. The fourth-order valence-corrected chi connectivity index (χ4v) is 2.01. The van der Waals surface area contributed by atoms with Crippen molar-refractivity contribution in [1.82, 2.24) is 5.32 Å². The van der Waals surface area contributed by atoms with E-state index in [1.54, 1.807) is 32.4 Å². The maximum absolute atomic E-state index is 12.1. The highest BCUT2D eigenvalue weighted by Crippen LogP contribution is 2.22. The molecule has 1 amide bonds. The van der Waals surface area contributed by atoms with Gasteiger partial charge in [0.05, 0.1) is 14.2 Å². The van der Waals surface area contributed by atoms with E-state index in [-0.39, 0.29) is 5.91 Å². The molecule has 0 bridgehead atoms. The molecular weight excluding hydrogens is 266 g/mol. The summed E-state index contributed by atoms with van der Waals surface area (Å²) in [5.41, 5.74) is 1.72. The van der Waals surface area contributed by atoms with E-state index >= 15 is 0 Å². The van der Waals surface area contributed by atoms with Crippen LogP contribution in [0.25, 0.3) is 0 Å². The molecule has 0 aliphatic carbocycles. The third-order valence-electron chi connectivity index (χ3n) is 3.16. The second kappa shape index (κ2) is 7.33. The summed E-state index contributed by atoms with van der Waals surface area (Å²) in [4.78, 5) is 12.1. The molecule has 0 spiro atoms. The Balaban J connectivity index is 1.97. The van der Waals surface area contributed by atoms with Crippen LogP contribution in [0.5, 0.6) is 11.5 Å². The highest BCUT2D eigenvalue weighted by atomic mass is 16.5. The van der Waals surface area contributed by atoms with Gasteiger partial charge >= 0.3 is 0 Å². The zero-order valence-electron chi connectivity index (χ0n) is 12.3. The van der Waals surface area contributed by atoms with Crippen LogP contribution in [0.1, 0.15) is 15.9 Å². The molecule has 0 unspecified atom stereocenters. The van der Waals surface area contributed by atoms with Crippen LogP contribution in [0.3, 0.4) is 0 Å². The van der Waals surface area contributed by atoms with Crippen molar-refractivity contribution in [2.45, 2.75) is 6.42 Å². The van der Waals surface area contributed by atoms with Gasteiger partial charge < -0.3 is 14.8 Å². The van der Waals surface area contributed by atoms with Gasteiger partial charge in [-0.2, -0.15) is 0 Å². The van der Waals surface area contributed by atoms with Crippen LogP contribution in [0, 0.1) is 0 Å². The maximum Gasteiger partial charge on any atom is 0.251 e. The summed E-state index contributed by atoms with van der Waals surface area (Å²) in [6, 6.07) is 15.2. The fraction of sp³-hybridized carbons (Fsp3) is 0.235. The second-order valence-electron chi connectivity index (χ2n) is 4.59. The van der Waals surface area contributed by atoms with Gasteiger partial charge in [-0.1, -0.05) is 30.3 Å². The van der Waals surface area contributed by atoms with Crippen molar-refractivity contribution < 1.29 is 14.3 Å². The summed E-state index contributed by atoms with van der Waals surface area (Å²) in [6.45, 7) is 0.586. The highest BCUT2D eigenvalue weighted by Gasteiger charge is 2.09. The smallest absolute Gasteiger partial charge is 0.251 e. The van der Waals surface area contributed by atoms with Gasteiger partial charge in [0.2, 0.25) is 0 Å². The van der Waals surface area contributed by atoms with Gasteiger partial charge in [-0.3, -0.25) is 4.79 Å². The number of rotatable bonds is 6. The first-order chi connectivity index (χ1) is 10.2. The Labute approximate surface area is 124 Å². The summed E-state index contributed by atoms with van der Waals surface area (Å²) in [6.07, 6.45) is 0.799. The van der Waals surface area contributed by atoms with E-state index in [9.17, 15) is 4.79 Å². The average Bonchev–Trinajstić information content (AvgIpc) is 2.55. The maximum atomic E-state index is 12.1. The first kappa shape index (κ1) is 14.9. The van der Waals surface area contributed by atoms with E-state index in [2.05, 4.69) is 5.32 Å². The van der Waals surface area contributed by atoms with Crippen molar-refractivity contribution in [3.8, 4) is 11.5 Å². The summed E-state index contributed by atoms with van der Waals surface area (Å²) in [5, 5.41) is 2.90. The first-order valence-electron chi connectivity index (χ1n) is 6.78. The van der Waals surface area contributed by atoms with E-state index in [0.717, 1.165) is 6.42 Å². The van der Waals surface area contributed by atoms with Crippen molar-refractivity contribution in [2.24, 2.45) is 0 Å². The molecule has 110 valence electrons. The Bertz CT molecular complexity index is 574. The van der Waals surface area contributed by atoms with Gasteiger partial charge in [0.15, 0.2) is 0 Å². The third kappa shape index (κ3) is 4.24. The quantitative estimate of drug-likeness (QED) is 0.887.